The number of hydrogen-bond acceptors (Lipinski definition) is 5. The van der Waals surface area contributed by atoms with Gasteiger partial charge in [0.2, 0.25) is 0 Å². The van der Waals surface area contributed by atoms with Crippen LogP contribution in [0.4, 0.5) is 10.5 Å². The second-order valence-corrected chi connectivity index (χ2v) is 7.37. The molecular formula is C19H23N5OS. The van der Waals surface area contributed by atoms with Crippen LogP contribution in [0.15, 0.2) is 41.8 Å². The molecular weight excluding hydrogens is 346 g/mol. The zero-order chi connectivity index (χ0) is 18.4. The second kappa shape index (κ2) is 8.81. The molecule has 1 aromatic carbocycles. The fourth-order valence-electron chi connectivity index (χ4n) is 3.02. The van der Waals surface area contributed by atoms with Crippen molar-refractivity contribution in [3.63, 3.8) is 0 Å². The maximum Gasteiger partial charge on any atom is 0.319 e. The lowest BCUT2D eigenvalue weighted by Crippen LogP contribution is -2.48. The molecule has 1 fully saturated rings. The Hall–Kier alpha value is -2.40. The van der Waals surface area contributed by atoms with Crippen molar-refractivity contribution in [2.45, 2.75) is 6.04 Å². The molecule has 2 N–H and O–H groups in total. The summed E-state index contributed by atoms with van der Waals surface area (Å²) in [5, 5.41) is 16.7. The maximum atomic E-state index is 12.3. The molecule has 0 saturated carbocycles. The van der Waals surface area contributed by atoms with Crippen LogP contribution in [0.2, 0.25) is 0 Å². The predicted octanol–water partition coefficient (Wildman–Crippen LogP) is 2.73. The first-order valence-corrected chi connectivity index (χ1v) is 9.54. The number of nitrogens with zero attached hydrogens (tertiary/aromatic N) is 3. The molecule has 2 heterocycles. The minimum absolute atomic E-state index is 0.190. The van der Waals surface area contributed by atoms with Crippen LogP contribution >= 0.6 is 11.3 Å². The van der Waals surface area contributed by atoms with Crippen molar-refractivity contribution in [2.24, 2.45) is 0 Å². The SMILES string of the molecule is CN1CCN(C(CNC(=O)Nc2ccc(C#N)cc2)c2cccs2)CC1. The summed E-state index contributed by atoms with van der Waals surface area (Å²) in [6.45, 7) is 4.64. The first-order chi connectivity index (χ1) is 12.7. The molecule has 1 aromatic heterocycles. The van der Waals surface area contributed by atoms with E-state index in [1.54, 1.807) is 35.6 Å². The Bertz CT molecular complexity index is 745. The molecule has 0 spiro atoms. The Morgan fingerprint density at radius 1 is 1.23 bits per heavy atom. The van der Waals surface area contributed by atoms with Gasteiger partial charge in [0.1, 0.15) is 0 Å². The number of likely N-dealkylation sites (N-methyl/N-ethyl adjacent to an activating group) is 1. The number of nitriles is 1. The molecule has 1 unspecified atom stereocenters. The van der Waals surface area contributed by atoms with E-state index in [2.05, 4.69) is 51.1 Å². The third-order valence-electron chi connectivity index (χ3n) is 4.58. The molecule has 6 nitrogen and oxygen atoms in total. The number of piperazine rings is 1. The summed E-state index contributed by atoms with van der Waals surface area (Å²) in [6, 6.07) is 13.1. The van der Waals surface area contributed by atoms with Gasteiger partial charge >= 0.3 is 6.03 Å². The van der Waals surface area contributed by atoms with Crippen molar-refractivity contribution in [3.05, 3.63) is 52.2 Å². The van der Waals surface area contributed by atoms with Gasteiger partial charge in [-0.25, -0.2) is 4.79 Å². The number of carbonyl (C=O) groups excluding carboxylic acids is 1. The lowest BCUT2D eigenvalue weighted by atomic mass is 10.1. The van der Waals surface area contributed by atoms with E-state index in [1.807, 2.05) is 0 Å². The molecule has 2 amide bonds. The molecule has 1 aliphatic rings. The maximum absolute atomic E-state index is 12.3. The Kier molecular flexibility index (Phi) is 6.23. The lowest BCUT2D eigenvalue weighted by molar-refractivity contribution is 0.113. The van der Waals surface area contributed by atoms with Crippen molar-refractivity contribution in [3.8, 4) is 6.07 Å². The highest BCUT2D eigenvalue weighted by Gasteiger charge is 2.25. The average molecular weight is 369 g/mol. The molecule has 0 aliphatic carbocycles. The van der Waals surface area contributed by atoms with E-state index in [4.69, 9.17) is 5.26 Å². The van der Waals surface area contributed by atoms with Gasteiger partial charge in [-0.1, -0.05) is 6.07 Å². The number of hydrogen-bond donors (Lipinski definition) is 2. The normalized spacial score (nSPS) is 16.6. The summed E-state index contributed by atoms with van der Waals surface area (Å²) in [4.78, 5) is 18.3. The Morgan fingerprint density at radius 2 is 1.96 bits per heavy atom. The zero-order valence-corrected chi connectivity index (χ0v) is 15.6. The van der Waals surface area contributed by atoms with Crippen molar-refractivity contribution >= 4 is 23.1 Å². The van der Waals surface area contributed by atoms with Gasteiger partial charge in [-0.3, -0.25) is 4.90 Å². The van der Waals surface area contributed by atoms with Gasteiger partial charge in [-0.05, 0) is 42.8 Å². The second-order valence-electron chi connectivity index (χ2n) is 6.39. The number of anilines is 1. The van der Waals surface area contributed by atoms with Crippen molar-refractivity contribution in [2.75, 3.05) is 45.1 Å². The number of nitrogens with one attached hydrogen (secondary N) is 2. The smallest absolute Gasteiger partial charge is 0.319 e. The number of carbonyl (C=O) groups is 1. The summed E-state index contributed by atoms with van der Waals surface area (Å²) in [5.41, 5.74) is 1.25. The van der Waals surface area contributed by atoms with Gasteiger partial charge in [-0.15, -0.1) is 11.3 Å². The first kappa shape index (κ1) is 18.4. The van der Waals surface area contributed by atoms with Gasteiger partial charge in [0.25, 0.3) is 0 Å². The van der Waals surface area contributed by atoms with Gasteiger partial charge in [0, 0.05) is 43.3 Å². The van der Waals surface area contributed by atoms with E-state index >= 15 is 0 Å². The van der Waals surface area contributed by atoms with Crippen LogP contribution in [0, 0.1) is 11.3 Å². The molecule has 1 aliphatic heterocycles. The highest BCUT2D eigenvalue weighted by molar-refractivity contribution is 7.10. The molecule has 26 heavy (non-hydrogen) atoms. The van der Waals surface area contributed by atoms with E-state index in [9.17, 15) is 4.79 Å². The Labute approximate surface area is 158 Å². The highest BCUT2D eigenvalue weighted by atomic mass is 32.1. The Morgan fingerprint density at radius 3 is 2.58 bits per heavy atom. The van der Waals surface area contributed by atoms with Crippen LogP contribution in [-0.4, -0.2) is 55.6 Å². The van der Waals surface area contributed by atoms with Gasteiger partial charge < -0.3 is 15.5 Å². The van der Waals surface area contributed by atoms with Crippen molar-refractivity contribution in [1.82, 2.24) is 15.1 Å². The number of rotatable bonds is 5. The van der Waals surface area contributed by atoms with E-state index in [0.717, 1.165) is 26.2 Å². The Balaban J connectivity index is 1.58. The monoisotopic (exact) mass is 369 g/mol. The van der Waals surface area contributed by atoms with Crippen molar-refractivity contribution < 1.29 is 4.79 Å². The van der Waals surface area contributed by atoms with Crippen LogP contribution < -0.4 is 10.6 Å². The van der Waals surface area contributed by atoms with Crippen LogP contribution in [-0.2, 0) is 0 Å². The van der Waals surface area contributed by atoms with E-state index < -0.39 is 0 Å². The summed E-state index contributed by atoms with van der Waals surface area (Å²) in [7, 11) is 2.14. The third-order valence-corrected chi connectivity index (χ3v) is 5.55. The fraction of sp³-hybridized carbons (Fsp3) is 0.368. The number of thiophene rings is 1. The lowest BCUT2D eigenvalue weighted by Gasteiger charge is -2.37. The molecule has 0 radical (unpaired) electrons. The topological polar surface area (TPSA) is 71.4 Å². The first-order valence-electron chi connectivity index (χ1n) is 8.67. The van der Waals surface area contributed by atoms with Gasteiger partial charge in [-0.2, -0.15) is 5.26 Å². The fourth-order valence-corrected chi connectivity index (χ4v) is 3.88. The average Bonchev–Trinajstić information content (AvgIpc) is 3.18. The summed E-state index contributed by atoms with van der Waals surface area (Å²) in [5.74, 6) is 0. The number of amides is 2. The molecule has 2 aromatic rings. The molecule has 1 atom stereocenters. The molecule has 3 rings (SSSR count). The standard InChI is InChI=1S/C19H23N5OS/c1-23-8-10-24(11-9-23)17(18-3-2-12-26-18)14-21-19(25)22-16-6-4-15(13-20)5-7-16/h2-7,12,17H,8-11,14H2,1H3,(H2,21,22,25). The van der Waals surface area contributed by atoms with E-state index in [0.29, 0.717) is 17.8 Å². The van der Waals surface area contributed by atoms with Crippen LogP contribution in [0.5, 0.6) is 0 Å². The highest BCUT2D eigenvalue weighted by Crippen LogP contribution is 2.25. The van der Waals surface area contributed by atoms with Gasteiger partial charge in [0.15, 0.2) is 0 Å². The summed E-state index contributed by atoms with van der Waals surface area (Å²) >= 11 is 1.73. The predicted molar refractivity (Wildman–Crippen MR) is 104 cm³/mol. The number of benzene rings is 1. The van der Waals surface area contributed by atoms with Crippen LogP contribution in [0.25, 0.3) is 0 Å². The largest absolute Gasteiger partial charge is 0.336 e. The molecule has 1 saturated heterocycles. The van der Waals surface area contributed by atoms with Crippen LogP contribution in [0.1, 0.15) is 16.5 Å². The molecule has 136 valence electrons. The van der Waals surface area contributed by atoms with E-state index in [-0.39, 0.29) is 12.1 Å². The minimum Gasteiger partial charge on any atom is -0.336 e. The van der Waals surface area contributed by atoms with E-state index in [1.165, 1.54) is 4.88 Å². The zero-order valence-electron chi connectivity index (χ0n) is 14.8. The minimum atomic E-state index is -0.231. The summed E-state index contributed by atoms with van der Waals surface area (Å²) in [6.07, 6.45) is 0. The van der Waals surface area contributed by atoms with Gasteiger partial charge in [0.05, 0.1) is 17.7 Å². The molecule has 7 heteroatoms. The van der Waals surface area contributed by atoms with Crippen LogP contribution in [0.3, 0.4) is 0 Å². The quantitative estimate of drug-likeness (QED) is 0.850. The number of urea groups is 1. The molecule has 0 bridgehead atoms. The third kappa shape index (κ3) is 4.82. The summed E-state index contributed by atoms with van der Waals surface area (Å²) < 4.78 is 0. The van der Waals surface area contributed by atoms with Crippen molar-refractivity contribution in [1.29, 1.82) is 5.26 Å².